The lowest BCUT2D eigenvalue weighted by Crippen LogP contribution is -2.49. The van der Waals surface area contributed by atoms with Crippen molar-refractivity contribution in [1.82, 2.24) is 13.9 Å². The number of benzene rings is 3. The van der Waals surface area contributed by atoms with E-state index in [0.717, 1.165) is 44.2 Å². The molecule has 3 aromatic carbocycles. The van der Waals surface area contributed by atoms with E-state index in [9.17, 15) is 13.2 Å². The molecule has 0 spiro atoms. The molecule has 3 fully saturated rings. The Morgan fingerprint density at radius 2 is 1.55 bits per heavy atom. The molecule has 9 heteroatoms. The van der Waals surface area contributed by atoms with Crippen LogP contribution < -0.4 is 9.46 Å². The predicted octanol–water partition coefficient (Wildman–Crippen LogP) is 5.02. The predicted molar refractivity (Wildman–Crippen MR) is 151 cm³/mol. The Kier molecular flexibility index (Phi) is 7.61. The molecule has 0 radical (unpaired) electrons. The number of carbonyl (C=O) groups is 1. The Hall–Kier alpha value is -3.27. The first kappa shape index (κ1) is 26.9. The van der Waals surface area contributed by atoms with E-state index in [2.05, 4.69) is 53.4 Å². The fourth-order valence-electron chi connectivity index (χ4n) is 5.69. The number of amides is 1. The topological polar surface area (TPSA) is 79.0 Å². The monoisotopic (exact) mass is 563 g/mol. The average molecular weight is 564 g/mol. The highest BCUT2D eigenvalue weighted by molar-refractivity contribution is 7.87. The second kappa shape index (κ2) is 11.3. The summed E-state index contributed by atoms with van der Waals surface area (Å²) in [6, 6.07) is 23.7. The Morgan fingerprint density at radius 3 is 2.12 bits per heavy atom. The lowest BCUT2D eigenvalue weighted by molar-refractivity contribution is 0.0703. The molecule has 1 saturated carbocycles. The van der Waals surface area contributed by atoms with Crippen LogP contribution in [0.1, 0.15) is 71.1 Å². The van der Waals surface area contributed by atoms with Gasteiger partial charge in [-0.1, -0.05) is 60.7 Å². The van der Waals surface area contributed by atoms with Gasteiger partial charge in [-0.25, -0.2) is 9.11 Å². The van der Waals surface area contributed by atoms with Gasteiger partial charge >= 0.3 is 10.2 Å². The van der Waals surface area contributed by atoms with Crippen LogP contribution in [0.15, 0.2) is 72.8 Å². The first-order valence-electron chi connectivity index (χ1n) is 14.1. The molecule has 1 aliphatic carbocycles. The zero-order valence-corrected chi connectivity index (χ0v) is 23.2. The zero-order valence-electron chi connectivity index (χ0n) is 22.3. The van der Waals surface area contributed by atoms with Gasteiger partial charge < -0.3 is 4.74 Å². The maximum Gasteiger partial charge on any atom is 0.304 e. The minimum atomic E-state index is -3.97. The summed E-state index contributed by atoms with van der Waals surface area (Å²) in [5, 5.41) is 0. The Labute approximate surface area is 235 Å². The molecule has 6 rings (SSSR count). The second-order valence-electron chi connectivity index (χ2n) is 10.9. The summed E-state index contributed by atoms with van der Waals surface area (Å²) in [5.74, 6) is -1.11. The molecule has 1 N–H and O–H groups in total. The standard InChI is InChI=1S/C31H34FN3O4S/c32-28-20-29(26(22-14-15-22)19-27(28)31(36)33-40(37,38)35-17-8-18-35)39-25-13-7-16-34(21-25)30(23-9-3-1-4-10-23)24-11-5-2-6-12-24/h1-6,9-12,19-20,22,25,30H,7-8,13-18,21H2,(H,33,36)/t25-/m1/s1. The number of hydrogen-bond donors (Lipinski definition) is 1. The van der Waals surface area contributed by atoms with Crippen molar-refractivity contribution in [2.24, 2.45) is 0 Å². The minimum Gasteiger partial charge on any atom is -0.489 e. The van der Waals surface area contributed by atoms with E-state index >= 15 is 4.39 Å². The van der Waals surface area contributed by atoms with E-state index in [1.807, 2.05) is 16.9 Å². The van der Waals surface area contributed by atoms with Crippen molar-refractivity contribution >= 4 is 16.1 Å². The Morgan fingerprint density at radius 1 is 0.900 bits per heavy atom. The molecule has 2 aliphatic heterocycles. The molecule has 1 amide bonds. The van der Waals surface area contributed by atoms with Gasteiger partial charge in [0, 0.05) is 25.7 Å². The lowest BCUT2D eigenvalue weighted by atomic mass is 9.94. The highest BCUT2D eigenvalue weighted by atomic mass is 32.2. The van der Waals surface area contributed by atoms with Crippen molar-refractivity contribution in [3.8, 4) is 5.75 Å². The van der Waals surface area contributed by atoms with E-state index in [1.165, 1.54) is 27.6 Å². The Balaban J connectivity index is 1.22. The van der Waals surface area contributed by atoms with Gasteiger partial charge in [-0.3, -0.25) is 9.69 Å². The molecule has 3 aliphatic rings. The van der Waals surface area contributed by atoms with Crippen LogP contribution in [-0.2, 0) is 10.2 Å². The third-order valence-corrected chi connectivity index (χ3v) is 9.53. The smallest absolute Gasteiger partial charge is 0.304 e. The van der Waals surface area contributed by atoms with Gasteiger partial charge in [0.2, 0.25) is 0 Å². The third-order valence-electron chi connectivity index (χ3n) is 8.04. The molecule has 0 aromatic heterocycles. The van der Waals surface area contributed by atoms with Crippen molar-refractivity contribution in [3.05, 3.63) is 101 Å². The molecule has 40 heavy (non-hydrogen) atoms. The second-order valence-corrected chi connectivity index (χ2v) is 12.6. The largest absolute Gasteiger partial charge is 0.489 e. The van der Waals surface area contributed by atoms with Crippen molar-refractivity contribution in [1.29, 1.82) is 0 Å². The summed E-state index contributed by atoms with van der Waals surface area (Å²) in [4.78, 5) is 15.2. The van der Waals surface area contributed by atoms with Crippen LogP contribution >= 0.6 is 0 Å². The summed E-state index contributed by atoms with van der Waals surface area (Å²) < 4.78 is 49.8. The summed E-state index contributed by atoms with van der Waals surface area (Å²) in [6.07, 6.45) is 4.24. The van der Waals surface area contributed by atoms with Gasteiger partial charge in [0.15, 0.2) is 0 Å². The average Bonchev–Trinajstić information content (AvgIpc) is 3.74. The fourth-order valence-corrected chi connectivity index (χ4v) is 6.90. The number of nitrogens with zero attached hydrogens (tertiary/aromatic N) is 2. The summed E-state index contributed by atoms with van der Waals surface area (Å²) >= 11 is 0. The summed E-state index contributed by atoms with van der Waals surface area (Å²) in [7, 11) is -3.97. The maximum absolute atomic E-state index is 15.3. The van der Waals surface area contributed by atoms with Gasteiger partial charge in [-0.05, 0) is 67.3 Å². The van der Waals surface area contributed by atoms with Crippen molar-refractivity contribution in [2.45, 2.75) is 50.2 Å². The number of hydrogen-bond acceptors (Lipinski definition) is 5. The van der Waals surface area contributed by atoms with E-state index in [0.29, 0.717) is 25.4 Å². The molecule has 3 aromatic rings. The molecule has 0 unspecified atom stereocenters. The van der Waals surface area contributed by atoms with Crippen LogP contribution in [-0.4, -0.2) is 55.8 Å². The van der Waals surface area contributed by atoms with E-state index < -0.39 is 21.9 Å². The fraction of sp³-hybridized carbons (Fsp3) is 0.387. The van der Waals surface area contributed by atoms with Crippen molar-refractivity contribution in [2.75, 3.05) is 26.2 Å². The number of halogens is 1. The molecular weight excluding hydrogens is 529 g/mol. The van der Waals surface area contributed by atoms with Crippen LogP contribution in [0.25, 0.3) is 0 Å². The third kappa shape index (κ3) is 5.77. The summed E-state index contributed by atoms with van der Waals surface area (Å²) in [6.45, 7) is 2.32. The number of carbonyl (C=O) groups excluding carboxylic acids is 1. The van der Waals surface area contributed by atoms with E-state index in [4.69, 9.17) is 4.74 Å². The number of piperidine rings is 1. The van der Waals surface area contributed by atoms with Crippen molar-refractivity contribution in [3.63, 3.8) is 0 Å². The normalized spacial score (nSPS) is 20.2. The van der Waals surface area contributed by atoms with Crippen LogP contribution in [0, 0.1) is 5.82 Å². The first-order valence-corrected chi connectivity index (χ1v) is 15.5. The van der Waals surface area contributed by atoms with Gasteiger partial charge in [0.05, 0.1) is 11.6 Å². The zero-order chi connectivity index (χ0) is 27.7. The number of ether oxygens (including phenoxy) is 1. The van der Waals surface area contributed by atoms with Crippen molar-refractivity contribution < 1.29 is 22.3 Å². The summed E-state index contributed by atoms with van der Waals surface area (Å²) in [5.41, 5.74) is 2.93. The minimum absolute atomic E-state index is 0.0767. The van der Waals surface area contributed by atoms with Crippen LogP contribution in [0.3, 0.4) is 0 Å². The Bertz CT molecular complexity index is 1420. The SMILES string of the molecule is O=C(NS(=O)(=O)N1CCC1)c1cc(C2CC2)c(O[C@@H]2CCCN(C(c3ccccc3)c3ccccc3)C2)cc1F. The molecule has 7 nitrogen and oxygen atoms in total. The molecule has 1 atom stereocenters. The van der Waals surface area contributed by atoms with Crippen LogP contribution in [0.4, 0.5) is 4.39 Å². The van der Waals surface area contributed by atoms with E-state index in [1.54, 1.807) is 0 Å². The van der Waals surface area contributed by atoms with Gasteiger partial charge in [-0.2, -0.15) is 12.7 Å². The van der Waals surface area contributed by atoms with Gasteiger partial charge in [0.1, 0.15) is 17.7 Å². The number of nitrogens with one attached hydrogen (secondary N) is 1. The van der Waals surface area contributed by atoms with Crippen LogP contribution in [0.2, 0.25) is 0 Å². The highest BCUT2D eigenvalue weighted by Gasteiger charge is 2.34. The highest BCUT2D eigenvalue weighted by Crippen LogP contribution is 2.46. The maximum atomic E-state index is 15.3. The molecule has 2 saturated heterocycles. The van der Waals surface area contributed by atoms with Crippen LogP contribution in [0.5, 0.6) is 5.75 Å². The van der Waals surface area contributed by atoms with Gasteiger partial charge in [-0.15, -0.1) is 0 Å². The lowest BCUT2D eigenvalue weighted by Gasteiger charge is -2.39. The number of rotatable bonds is 9. The molecule has 210 valence electrons. The number of likely N-dealkylation sites (tertiary alicyclic amines) is 1. The first-order chi connectivity index (χ1) is 19.4. The molecule has 2 heterocycles. The van der Waals surface area contributed by atoms with E-state index in [-0.39, 0.29) is 23.6 Å². The molecular formula is C31H34FN3O4S. The molecule has 0 bridgehead atoms. The van der Waals surface area contributed by atoms with Gasteiger partial charge in [0.25, 0.3) is 5.91 Å². The quantitative estimate of drug-likeness (QED) is 0.396.